The molecule has 0 amide bonds. The third kappa shape index (κ3) is 2.84. The number of benzene rings is 1. The number of aliphatic hydroxyl groups is 1. The highest BCUT2D eigenvalue weighted by molar-refractivity contribution is 5.85. The summed E-state index contributed by atoms with van der Waals surface area (Å²) in [6.45, 7) is -1.57. The van der Waals surface area contributed by atoms with Crippen LogP contribution in [0.4, 0.5) is 17.6 Å². The van der Waals surface area contributed by atoms with Crippen LogP contribution >= 0.6 is 12.4 Å². The van der Waals surface area contributed by atoms with E-state index < -0.39 is 35.8 Å². The first kappa shape index (κ1) is 15.2. The summed E-state index contributed by atoms with van der Waals surface area (Å²) in [6, 6.07) is 0.485. The fourth-order valence-electron chi connectivity index (χ4n) is 1.12. The Bertz CT molecular complexity index is 341. The molecule has 7 heteroatoms. The number of hydrogen-bond donors (Lipinski definition) is 2. The Morgan fingerprint density at radius 2 is 1.69 bits per heavy atom. The van der Waals surface area contributed by atoms with E-state index in [0.29, 0.717) is 0 Å². The minimum atomic E-state index is -3.76. The van der Waals surface area contributed by atoms with Crippen molar-refractivity contribution in [3.8, 4) is 0 Å². The Morgan fingerprint density at radius 3 is 2.06 bits per heavy atom. The Kier molecular flexibility index (Phi) is 5.18. The van der Waals surface area contributed by atoms with E-state index >= 15 is 0 Å². The van der Waals surface area contributed by atoms with Gasteiger partial charge in [-0.3, -0.25) is 0 Å². The molecular weight excluding hydrogens is 250 g/mol. The highest BCUT2D eigenvalue weighted by Gasteiger charge is 2.40. The minimum Gasteiger partial charge on any atom is -0.390 e. The van der Waals surface area contributed by atoms with Crippen molar-refractivity contribution in [3.05, 3.63) is 35.4 Å². The van der Waals surface area contributed by atoms with E-state index in [1.54, 1.807) is 0 Å². The summed E-state index contributed by atoms with van der Waals surface area (Å²) >= 11 is 0. The lowest BCUT2D eigenvalue weighted by Gasteiger charge is -2.22. The van der Waals surface area contributed by atoms with Crippen molar-refractivity contribution in [3.63, 3.8) is 0 Å². The Hall–Kier alpha value is -0.850. The fraction of sp³-hybridized carbons (Fsp3) is 0.333. The molecule has 0 bridgehead atoms. The van der Waals surface area contributed by atoms with E-state index in [1.807, 2.05) is 0 Å². The monoisotopic (exact) mass is 259 g/mol. The molecule has 0 unspecified atom stereocenters. The molecule has 0 fully saturated rings. The SMILES string of the molecule is Cl.N[C@@H](c1c(F)cccc1F)C(F)(F)CO. The molecule has 0 radical (unpaired) electrons. The lowest BCUT2D eigenvalue weighted by atomic mass is 10.0. The molecule has 1 rings (SSSR count). The summed E-state index contributed by atoms with van der Waals surface area (Å²) in [7, 11) is 0. The van der Waals surface area contributed by atoms with Gasteiger partial charge >= 0.3 is 0 Å². The van der Waals surface area contributed by atoms with Gasteiger partial charge in [0, 0.05) is 5.56 Å². The Labute approximate surface area is 95.5 Å². The first-order chi connectivity index (χ1) is 6.90. The van der Waals surface area contributed by atoms with Gasteiger partial charge in [0.1, 0.15) is 24.3 Å². The van der Waals surface area contributed by atoms with E-state index in [-0.39, 0.29) is 12.4 Å². The van der Waals surface area contributed by atoms with Gasteiger partial charge in [-0.25, -0.2) is 17.6 Å². The maximum atomic E-state index is 13.0. The van der Waals surface area contributed by atoms with Gasteiger partial charge in [0.15, 0.2) is 0 Å². The van der Waals surface area contributed by atoms with Crippen molar-refractivity contribution in [1.82, 2.24) is 0 Å². The maximum Gasteiger partial charge on any atom is 0.289 e. The van der Waals surface area contributed by atoms with E-state index in [4.69, 9.17) is 10.8 Å². The van der Waals surface area contributed by atoms with E-state index in [9.17, 15) is 17.6 Å². The van der Waals surface area contributed by atoms with Crippen LogP contribution in [-0.2, 0) is 0 Å². The zero-order chi connectivity index (χ0) is 11.6. The second-order valence-electron chi connectivity index (χ2n) is 3.03. The zero-order valence-electron chi connectivity index (χ0n) is 7.96. The predicted molar refractivity (Wildman–Crippen MR) is 52.6 cm³/mol. The fourth-order valence-corrected chi connectivity index (χ4v) is 1.12. The summed E-state index contributed by atoms with van der Waals surface area (Å²) in [5.41, 5.74) is 4.08. The lowest BCUT2D eigenvalue weighted by molar-refractivity contribution is -0.0726. The van der Waals surface area contributed by atoms with Crippen LogP contribution in [0.2, 0.25) is 0 Å². The number of rotatable bonds is 3. The van der Waals surface area contributed by atoms with Gasteiger partial charge in [-0.2, -0.15) is 0 Å². The van der Waals surface area contributed by atoms with Gasteiger partial charge in [0.25, 0.3) is 5.92 Å². The lowest BCUT2D eigenvalue weighted by Crippen LogP contribution is -2.37. The van der Waals surface area contributed by atoms with Crippen LogP contribution in [0.5, 0.6) is 0 Å². The number of hydrogen-bond acceptors (Lipinski definition) is 2. The van der Waals surface area contributed by atoms with Crippen molar-refractivity contribution in [2.24, 2.45) is 5.73 Å². The van der Waals surface area contributed by atoms with Gasteiger partial charge in [-0.05, 0) is 12.1 Å². The molecule has 16 heavy (non-hydrogen) atoms. The normalized spacial score (nSPS) is 13.1. The van der Waals surface area contributed by atoms with Crippen molar-refractivity contribution in [2.45, 2.75) is 12.0 Å². The van der Waals surface area contributed by atoms with Crippen LogP contribution in [0.1, 0.15) is 11.6 Å². The second kappa shape index (κ2) is 5.47. The van der Waals surface area contributed by atoms with Crippen molar-refractivity contribution in [1.29, 1.82) is 0 Å². The van der Waals surface area contributed by atoms with E-state index in [2.05, 4.69) is 0 Å². The first-order valence-corrected chi connectivity index (χ1v) is 4.08. The zero-order valence-corrected chi connectivity index (χ0v) is 8.78. The van der Waals surface area contributed by atoms with Gasteiger partial charge < -0.3 is 10.8 Å². The van der Waals surface area contributed by atoms with Gasteiger partial charge in [0.2, 0.25) is 0 Å². The van der Waals surface area contributed by atoms with Crippen LogP contribution in [0.25, 0.3) is 0 Å². The van der Waals surface area contributed by atoms with Crippen molar-refractivity contribution < 1.29 is 22.7 Å². The molecule has 2 nitrogen and oxygen atoms in total. The molecule has 0 aromatic heterocycles. The van der Waals surface area contributed by atoms with Gasteiger partial charge in [-0.1, -0.05) is 6.07 Å². The Balaban J connectivity index is 0.00000225. The minimum absolute atomic E-state index is 0. The molecule has 3 N–H and O–H groups in total. The topological polar surface area (TPSA) is 46.2 Å². The molecule has 0 aliphatic rings. The molecule has 1 aromatic rings. The molecule has 92 valence electrons. The van der Waals surface area contributed by atoms with Crippen LogP contribution < -0.4 is 5.73 Å². The summed E-state index contributed by atoms with van der Waals surface area (Å²) in [6.07, 6.45) is 0. The smallest absolute Gasteiger partial charge is 0.289 e. The van der Waals surface area contributed by atoms with E-state index in [0.717, 1.165) is 18.2 Å². The number of aliphatic hydroxyl groups excluding tert-OH is 1. The molecule has 0 heterocycles. The number of alkyl halides is 2. The molecule has 0 saturated carbocycles. The molecule has 0 aliphatic carbocycles. The van der Waals surface area contributed by atoms with E-state index in [1.165, 1.54) is 0 Å². The third-order valence-corrected chi connectivity index (χ3v) is 1.98. The van der Waals surface area contributed by atoms with Crippen molar-refractivity contribution >= 4 is 12.4 Å². The van der Waals surface area contributed by atoms with Crippen LogP contribution in [-0.4, -0.2) is 17.6 Å². The average Bonchev–Trinajstić information content (AvgIpc) is 2.17. The molecule has 1 atom stereocenters. The number of halogens is 5. The van der Waals surface area contributed by atoms with Crippen LogP contribution in [0.15, 0.2) is 18.2 Å². The highest BCUT2D eigenvalue weighted by atomic mass is 35.5. The standard InChI is InChI=1S/C9H9F4NO.ClH/c10-5-2-1-3-6(11)7(5)8(14)9(12,13)4-15;/h1-3,8,15H,4,14H2;1H/t8-;/m0./s1. The maximum absolute atomic E-state index is 13.0. The van der Waals surface area contributed by atoms with Crippen LogP contribution in [0.3, 0.4) is 0 Å². The van der Waals surface area contributed by atoms with Gasteiger partial charge in [0.05, 0.1) is 0 Å². The quantitative estimate of drug-likeness (QED) is 0.816. The molecule has 0 saturated heterocycles. The highest BCUT2D eigenvalue weighted by Crippen LogP contribution is 2.31. The first-order valence-electron chi connectivity index (χ1n) is 4.08. The average molecular weight is 260 g/mol. The summed E-state index contributed by atoms with van der Waals surface area (Å²) in [4.78, 5) is 0. The molecule has 1 aromatic carbocycles. The molecular formula is C9H10ClF4NO. The molecule has 0 aliphatic heterocycles. The largest absolute Gasteiger partial charge is 0.390 e. The van der Waals surface area contributed by atoms with Crippen molar-refractivity contribution in [2.75, 3.05) is 6.61 Å². The summed E-state index contributed by atoms with van der Waals surface area (Å²) in [5, 5.41) is 8.33. The van der Waals surface area contributed by atoms with Gasteiger partial charge in [-0.15, -0.1) is 12.4 Å². The Morgan fingerprint density at radius 1 is 1.25 bits per heavy atom. The predicted octanol–water partition coefficient (Wildman–Crippen LogP) is 2.01. The summed E-state index contributed by atoms with van der Waals surface area (Å²) < 4.78 is 51.8. The summed E-state index contributed by atoms with van der Waals surface area (Å²) in [5.74, 6) is -6.07. The number of nitrogens with two attached hydrogens (primary N) is 1. The third-order valence-electron chi connectivity index (χ3n) is 1.98. The second-order valence-corrected chi connectivity index (χ2v) is 3.03. The molecule has 0 spiro atoms. The van der Waals surface area contributed by atoms with Crippen LogP contribution in [0, 0.1) is 11.6 Å².